The van der Waals surface area contributed by atoms with Gasteiger partial charge in [-0.2, -0.15) is 4.31 Å². The van der Waals surface area contributed by atoms with Gasteiger partial charge in [-0.25, -0.2) is 22.0 Å². The molecule has 12 heteroatoms. The predicted octanol–water partition coefficient (Wildman–Crippen LogP) is 5.13. The topological polar surface area (TPSA) is 111 Å². The number of halogens is 2. The van der Waals surface area contributed by atoms with Crippen LogP contribution in [0.25, 0.3) is 6.08 Å². The average Bonchev–Trinajstić information content (AvgIpc) is 3.22. The molecule has 3 amide bonds. The number of sulfonamides is 1. The quantitative estimate of drug-likeness (QED) is 0.308. The van der Waals surface area contributed by atoms with E-state index in [-0.39, 0.29) is 31.4 Å². The van der Waals surface area contributed by atoms with Crippen LogP contribution in [-0.2, 0) is 14.8 Å². The van der Waals surface area contributed by atoms with E-state index in [0.717, 1.165) is 48.8 Å². The van der Waals surface area contributed by atoms with E-state index >= 15 is 0 Å². The highest BCUT2D eigenvalue weighted by atomic mass is 32.2. The van der Waals surface area contributed by atoms with Crippen LogP contribution in [0.2, 0.25) is 0 Å². The third-order valence-electron chi connectivity index (χ3n) is 7.92. The molecule has 0 bridgehead atoms. The zero-order chi connectivity index (χ0) is 30.2. The molecular formula is C29H43F2N5O4S. The van der Waals surface area contributed by atoms with Crippen LogP contribution in [0.1, 0.15) is 80.9 Å². The SMILES string of the molecule is CNC(=O)N(C)c1cc(C)c(/C=C/S(=O)(=O)N2CCC3(CC2)N=C(CCCCCCCCC(F)F)NC3=O)c(C)c1. The van der Waals surface area contributed by atoms with Gasteiger partial charge in [0.05, 0.1) is 0 Å². The Labute approximate surface area is 242 Å². The molecule has 1 spiro atoms. The standard InChI is InChI=1S/C29H43F2N5O4S/c1-21-19-23(35(4)28(38)32-3)20-22(2)24(21)13-18-41(39,40)36-16-14-29(15-17-36)27(37)33-26(34-29)12-10-8-6-5-7-9-11-25(30)31/h13,18-20,25H,5-12,14-17H2,1-4H3,(H,32,38)(H,33,34,37)/b18-13+. The van der Waals surface area contributed by atoms with Crippen molar-refractivity contribution in [1.82, 2.24) is 14.9 Å². The minimum Gasteiger partial charge on any atom is -0.341 e. The van der Waals surface area contributed by atoms with Crippen molar-refractivity contribution >= 4 is 39.6 Å². The lowest BCUT2D eigenvalue weighted by molar-refractivity contribution is -0.124. The number of anilines is 1. The summed E-state index contributed by atoms with van der Waals surface area (Å²) in [6.07, 6.45) is 5.66. The van der Waals surface area contributed by atoms with Crippen LogP contribution in [0, 0.1) is 13.8 Å². The van der Waals surface area contributed by atoms with Crippen molar-refractivity contribution < 1.29 is 26.8 Å². The zero-order valence-corrected chi connectivity index (χ0v) is 25.3. The Kier molecular flexibility index (Phi) is 11.4. The molecule has 9 nitrogen and oxygen atoms in total. The molecule has 2 heterocycles. The van der Waals surface area contributed by atoms with Gasteiger partial charge in [0, 0.05) is 51.1 Å². The smallest absolute Gasteiger partial charge is 0.321 e. The summed E-state index contributed by atoms with van der Waals surface area (Å²) in [4.78, 5) is 31.0. The molecule has 1 saturated heterocycles. The number of urea groups is 1. The van der Waals surface area contributed by atoms with Crippen LogP contribution >= 0.6 is 0 Å². The fourth-order valence-corrected chi connectivity index (χ4v) is 6.56. The van der Waals surface area contributed by atoms with Crippen molar-refractivity contribution in [2.75, 3.05) is 32.1 Å². The highest BCUT2D eigenvalue weighted by molar-refractivity contribution is 7.92. The summed E-state index contributed by atoms with van der Waals surface area (Å²) in [6, 6.07) is 3.43. The number of carbonyl (C=O) groups is 2. The van der Waals surface area contributed by atoms with Crippen molar-refractivity contribution in [2.45, 2.75) is 90.0 Å². The molecule has 0 unspecified atom stereocenters. The Bertz CT molecular complexity index is 1230. The van der Waals surface area contributed by atoms with E-state index in [1.165, 1.54) is 14.6 Å². The molecule has 0 aromatic heterocycles. The minimum absolute atomic E-state index is 0.0351. The maximum Gasteiger partial charge on any atom is 0.321 e. The van der Waals surface area contributed by atoms with Crippen molar-refractivity contribution in [3.05, 3.63) is 34.2 Å². The van der Waals surface area contributed by atoms with Gasteiger partial charge in [-0.05, 0) is 74.4 Å². The Morgan fingerprint density at radius 3 is 2.29 bits per heavy atom. The zero-order valence-electron chi connectivity index (χ0n) is 24.5. The Morgan fingerprint density at radius 2 is 1.71 bits per heavy atom. The number of benzene rings is 1. The normalized spacial score (nSPS) is 17.3. The van der Waals surface area contributed by atoms with Crippen LogP contribution in [-0.4, -0.2) is 69.6 Å². The molecule has 1 aromatic rings. The van der Waals surface area contributed by atoms with E-state index in [9.17, 15) is 26.8 Å². The largest absolute Gasteiger partial charge is 0.341 e. The first-order valence-electron chi connectivity index (χ1n) is 14.3. The molecule has 0 aliphatic carbocycles. The van der Waals surface area contributed by atoms with Gasteiger partial charge in [-0.3, -0.25) is 14.7 Å². The Hall–Kier alpha value is -2.86. The van der Waals surface area contributed by atoms with E-state index in [4.69, 9.17) is 4.99 Å². The molecule has 3 rings (SSSR count). The number of alkyl halides is 2. The monoisotopic (exact) mass is 595 g/mol. The fourth-order valence-electron chi connectivity index (χ4n) is 5.38. The number of aryl methyl sites for hydroxylation is 2. The van der Waals surface area contributed by atoms with Gasteiger partial charge in [-0.15, -0.1) is 0 Å². The molecule has 2 aliphatic heterocycles. The number of piperidine rings is 1. The van der Waals surface area contributed by atoms with E-state index in [0.29, 0.717) is 37.2 Å². The van der Waals surface area contributed by atoms with Gasteiger partial charge in [-0.1, -0.05) is 25.7 Å². The maximum atomic E-state index is 13.1. The number of carbonyl (C=O) groups excluding carboxylic acids is 2. The van der Waals surface area contributed by atoms with Crippen LogP contribution in [0.5, 0.6) is 0 Å². The average molecular weight is 596 g/mol. The molecule has 0 atom stereocenters. The van der Waals surface area contributed by atoms with Crippen LogP contribution < -0.4 is 15.5 Å². The third-order valence-corrected chi connectivity index (χ3v) is 9.48. The summed E-state index contributed by atoms with van der Waals surface area (Å²) in [6.45, 7) is 4.14. The maximum absolute atomic E-state index is 13.1. The highest BCUT2D eigenvalue weighted by Crippen LogP contribution is 2.32. The Balaban J connectivity index is 1.53. The second-order valence-corrected chi connectivity index (χ2v) is 12.8. The number of nitrogens with zero attached hydrogens (tertiary/aromatic N) is 3. The molecular weight excluding hydrogens is 552 g/mol. The summed E-state index contributed by atoms with van der Waals surface area (Å²) in [5.41, 5.74) is 2.25. The van der Waals surface area contributed by atoms with Crippen LogP contribution in [0.3, 0.4) is 0 Å². The molecule has 1 fully saturated rings. The van der Waals surface area contributed by atoms with Gasteiger partial charge in [0.15, 0.2) is 0 Å². The van der Waals surface area contributed by atoms with E-state index in [2.05, 4.69) is 10.6 Å². The first-order chi connectivity index (χ1) is 19.4. The van der Waals surface area contributed by atoms with Crippen molar-refractivity contribution in [3.8, 4) is 0 Å². The molecule has 2 aliphatic rings. The van der Waals surface area contributed by atoms with Gasteiger partial charge in [0.25, 0.3) is 5.91 Å². The third kappa shape index (κ3) is 8.57. The van der Waals surface area contributed by atoms with E-state index in [1.807, 2.05) is 26.0 Å². The highest BCUT2D eigenvalue weighted by Gasteiger charge is 2.46. The number of amides is 3. The molecule has 2 N–H and O–H groups in total. The number of aliphatic imine (C=N–C) groups is 1. The predicted molar refractivity (Wildman–Crippen MR) is 159 cm³/mol. The lowest BCUT2D eigenvalue weighted by Crippen LogP contribution is -2.50. The first kappa shape index (κ1) is 32.7. The molecule has 0 radical (unpaired) electrons. The van der Waals surface area contributed by atoms with Crippen molar-refractivity contribution in [3.63, 3.8) is 0 Å². The number of rotatable bonds is 13. The molecule has 41 heavy (non-hydrogen) atoms. The first-order valence-corrected chi connectivity index (χ1v) is 15.8. The van der Waals surface area contributed by atoms with Gasteiger partial charge in [0.2, 0.25) is 16.4 Å². The van der Waals surface area contributed by atoms with Crippen molar-refractivity contribution in [1.29, 1.82) is 0 Å². The van der Waals surface area contributed by atoms with E-state index in [1.54, 1.807) is 20.2 Å². The molecule has 0 saturated carbocycles. The van der Waals surface area contributed by atoms with Crippen LogP contribution in [0.15, 0.2) is 22.5 Å². The lowest BCUT2D eigenvalue weighted by Gasteiger charge is -2.34. The second-order valence-electron chi connectivity index (χ2n) is 10.9. The van der Waals surface area contributed by atoms with Crippen LogP contribution in [0.4, 0.5) is 19.3 Å². The number of nitrogens with one attached hydrogen (secondary N) is 2. The molecule has 1 aromatic carbocycles. The molecule has 228 valence electrons. The number of hydrogen-bond donors (Lipinski definition) is 2. The number of unbranched alkanes of at least 4 members (excludes halogenated alkanes) is 5. The minimum atomic E-state index is -3.71. The van der Waals surface area contributed by atoms with Gasteiger partial charge < -0.3 is 10.6 Å². The summed E-state index contributed by atoms with van der Waals surface area (Å²) in [5.74, 6) is 0.487. The summed E-state index contributed by atoms with van der Waals surface area (Å²) in [7, 11) is -0.487. The Morgan fingerprint density at radius 1 is 1.12 bits per heavy atom. The summed E-state index contributed by atoms with van der Waals surface area (Å²) < 4.78 is 52.1. The summed E-state index contributed by atoms with van der Waals surface area (Å²) in [5, 5.41) is 6.68. The second kappa shape index (κ2) is 14.4. The lowest BCUT2D eigenvalue weighted by atomic mass is 9.89. The van der Waals surface area contributed by atoms with Gasteiger partial charge in [0.1, 0.15) is 11.4 Å². The number of amidine groups is 1. The van der Waals surface area contributed by atoms with E-state index < -0.39 is 22.0 Å². The van der Waals surface area contributed by atoms with Gasteiger partial charge >= 0.3 is 6.03 Å². The summed E-state index contributed by atoms with van der Waals surface area (Å²) >= 11 is 0. The van der Waals surface area contributed by atoms with Crippen molar-refractivity contribution in [2.24, 2.45) is 4.99 Å². The number of hydrogen-bond acceptors (Lipinski definition) is 5. The fraction of sp³-hybridized carbons (Fsp3) is 0.621.